The van der Waals surface area contributed by atoms with Gasteiger partial charge in [-0.05, 0) is 0 Å². The molecule has 4 nitrogen and oxygen atoms in total. The molecule has 0 spiro atoms. The second-order valence-electron chi connectivity index (χ2n) is 2.89. The van der Waals surface area contributed by atoms with Gasteiger partial charge < -0.3 is 20.1 Å². The van der Waals surface area contributed by atoms with Gasteiger partial charge >= 0.3 is 0 Å². The van der Waals surface area contributed by atoms with Crippen LogP contribution in [0.3, 0.4) is 0 Å². The van der Waals surface area contributed by atoms with Crippen LogP contribution in [0, 0.1) is 0 Å². The van der Waals surface area contributed by atoms with E-state index in [4.69, 9.17) is 9.47 Å². The van der Waals surface area contributed by atoms with Gasteiger partial charge in [0.1, 0.15) is 0 Å². The van der Waals surface area contributed by atoms with Gasteiger partial charge in [-0.15, -0.1) is 0 Å². The number of nitrogens with one attached hydrogen (secondary N) is 2. The van der Waals surface area contributed by atoms with Crippen LogP contribution >= 0.6 is 0 Å². The number of rotatable bonds is 5. The molecule has 1 aliphatic heterocycles. The molecule has 1 rings (SSSR count). The Labute approximate surface area is 73.6 Å². The van der Waals surface area contributed by atoms with Gasteiger partial charge in [0, 0.05) is 33.3 Å². The van der Waals surface area contributed by atoms with Crippen LogP contribution in [0.2, 0.25) is 0 Å². The van der Waals surface area contributed by atoms with Crippen LogP contribution in [-0.4, -0.2) is 52.6 Å². The zero-order valence-corrected chi connectivity index (χ0v) is 7.64. The van der Waals surface area contributed by atoms with Gasteiger partial charge in [-0.25, -0.2) is 0 Å². The lowest BCUT2D eigenvalue weighted by Gasteiger charge is -2.23. The van der Waals surface area contributed by atoms with Crippen molar-refractivity contribution < 1.29 is 9.47 Å². The van der Waals surface area contributed by atoms with Crippen molar-refractivity contribution in [1.82, 2.24) is 10.6 Å². The molecule has 0 radical (unpaired) electrons. The molecule has 1 aliphatic rings. The minimum atomic E-state index is 0.329. The number of hydrogen-bond donors (Lipinski definition) is 2. The van der Waals surface area contributed by atoms with E-state index in [-0.39, 0.29) is 0 Å². The largest absolute Gasteiger partial charge is 0.383 e. The third-order valence-corrected chi connectivity index (χ3v) is 1.86. The normalized spacial score (nSPS) is 24.2. The first kappa shape index (κ1) is 9.92. The van der Waals surface area contributed by atoms with Crippen molar-refractivity contribution in [2.45, 2.75) is 6.10 Å². The van der Waals surface area contributed by atoms with Gasteiger partial charge in [-0.3, -0.25) is 0 Å². The zero-order chi connectivity index (χ0) is 8.65. The molecule has 0 saturated carbocycles. The topological polar surface area (TPSA) is 42.5 Å². The molecule has 1 fully saturated rings. The molecule has 0 amide bonds. The average molecular weight is 174 g/mol. The third-order valence-electron chi connectivity index (χ3n) is 1.86. The van der Waals surface area contributed by atoms with E-state index in [1.54, 1.807) is 7.11 Å². The molecular weight excluding hydrogens is 156 g/mol. The molecule has 4 heteroatoms. The van der Waals surface area contributed by atoms with Crippen molar-refractivity contribution in [1.29, 1.82) is 0 Å². The molecule has 0 aromatic carbocycles. The van der Waals surface area contributed by atoms with E-state index in [1.807, 2.05) is 0 Å². The Bertz CT molecular complexity index is 105. The fourth-order valence-corrected chi connectivity index (χ4v) is 1.19. The summed E-state index contributed by atoms with van der Waals surface area (Å²) in [4.78, 5) is 0. The highest BCUT2D eigenvalue weighted by molar-refractivity contribution is 4.68. The van der Waals surface area contributed by atoms with Crippen molar-refractivity contribution in [2.24, 2.45) is 0 Å². The first-order chi connectivity index (χ1) is 5.93. The summed E-state index contributed by atoms with van der Waals surface area (Å²) in [6, 6.07) is 0. The fraction of sp³-hybridized carbons (Fsp3) is 1.00. The lowest BCUT2D eigenvalue weighted by molar-refractivity contribution is 0.0284. The van der Waals surface area contributed by atoms with Crippen molar-refractivity contribution in [3.05, 3.63) is 0 Å². The number of ether oxygens (including phenoxy) is 2. The second-order valence-corrected chi connectivity index (χ2v) is 2.89. The smallest absolute Gasteiger partial charge is 0.0824 e. The number of hydrogen-bond acceptors (Lipinski definition) is 4. The van der Waals surface area contributed by atoms with Gasteiger partial charge in [-0.1, -0.05) is 0 Å². The van der Waals surface area contributed by atoms with Gasteiger partial charge in [-0.2, -0.15) is 0 Å². The van der Waals surface area contributed by atoms with E-state index in [0.717, 1.165) is 39.4 Å². The predicted octanol–water partition coefficient (Wildman–Crippen LogP) is -0.789. The average Bonchev–Trinajstić information content (AvgIpc) is 2.14. The Morgan fingerprint density at radius 1 is 1.67 bits per heavy atom. The predicted molar refractivity (Wildman–Crippen MR) is 47.4 cm³/mol. The number of methoxy groups -OCH3 is 1. The van der Waals surface area contributed by atoms with Crippen molar-refractivity contribution in [3.8, 4) is 0 Å². The summed E-state index contributed by atoms with van der Waals surface area (Å²) in [6.07, 6.45) is 0.329. The minimum absolute atomic E-state index is 0.329. The summed E-state index contributed by atoms with van der Waals surface area (Å²) < 4.78 is 10.4. The van der Waals surface area contributed by atoms with Crippen molar-refractivity contribution in [2.75, 3.05) is 46.5 Å². The molecular formula is C8H18N2O2. The molecule has 0 bridgehead atoms. The van der Waals surface area contributed by atoms with Crippen molar-refractivity contribution >= 4 is 0 Å². The molecule has 0 aliphatic carbocycles. The number of morpholine rings is 1. The first-order valence-corrected chi connectivity index (χ1v) is 4.45. The maximum absolute atomic E-state index is 5.49. The highest BCUT2D eigenvalue weighted by atomic mass is 16.5. The molecule has 72 valence electrons. The Hall–Kier alpha value is -0.160. The van der Waals surface area contributed by atoms with Crippen LogP contribution in [0.1, 0.15) is 0 Å². The highest BCUT2D eigenvalue weighted by Gasteiger charge is 2.11. The maximum atomic E-state index is 5.49. The summed E-state index contributed by atoms with van der Waals surface area (Å²) in [5, 5.41) is 6.55. The molecule has 12 heavy (non-hydrogen) atoms. The minimum Gasteiger partial charge on any atom is -0.383 e. The van der Waals surface area contributed by atoms with Gasteiger partial charge in [0.15, 0.2) is 0 Å². The van der Waals surface area contributed by atoms with Gasteiger partial charge in [0.25, 0.3) is 0 Å². The summed E-state index contributed by atoms with van der Waals surface area (Å²) in [5.41, 5.74) is 0. The van der Waals surface area contributed by atoms with E-state index >= 15 is 0 Å². The van der Waals surface area contributed by atoms with Gasteiger partial charge in [0.05, 0.1) is 19.3 Å². The summed E-state index contributed by atoms with van der Waals surface area (Å²) in [7, 11) is 1.71. The van der Waals surface area contributed by atoms with Crippen LogP contribution in [0.15, 0.2) is 0 Å². The SMILES string of the molecule is COCCNCC1CNCCO1. The molecule has 1 unspecified atom stereocenters. The van der Waals surface area contributed by atoms with E-state index in [9.17, 15) is 0 Å². The fourth-order valence-electron chi connectivity index (χ4n) is 1.19. The third kappa shape index (κ3) is 4.01. The Morgan fingerprint density at radius 3 is 3.25 bits per heavy atom. The summed E-state index contributed by atoms with van der Waals surface area (Å²) >= 11 is 0. The molecule has 1 atom stereocenters. The zero-order valence-electron chi connectivity index (χ0n) is 7.64. The molecule has 1 heterocycles. The highest BCUT2D eigenvalue weighted by Crippen LogP contribution is 1.92. The lowest BCUT2D eigenvalue weighted by Crippen LogP contribution is -2.44. The van der Waals surface area contributed by atoms with Crippen LogP contribution in [0.25, 0.3) is 0 Å². The first-order valence-electron chi connectivity index (χ1n) is 4.45. The summed E-state index contributed by atoms with van der Waals surface area (Å²) in [6.45, 7) is 5.35. The van der Waals surface area contributed by atoms with Crippen LogP contribution in [0.4, 0.5) is 0 Å². The monoisotopic (exact) mass is 174 g/mol. The Morgan fingerprint density at radius 2 is 2.58 bits per heavy atom. The van der Waals surface area contributed by atoms with Crippen LogP contribution < -0.4 is 10.6 Å². The molecule has 0 aromatic rings. The molecule has 1 saturated heterocycles. The molecule has 0 aromatic heterocycles. The van der Waals surface area contributed by atoms with Crippen LogP contribution in [0.5, 0.6) is 0 Å². The Kier molecular flexibility index (Phi) is 5.27. The standard InChI is InChI=1S/C8H18N2O2/c1-11-4-2-9-6-8-7-10-3-5-12-8/h8-10H,2-7H2,1H3. The Balaban J connectivity index is 1.91. The van der Waals surface area contributed by atoms with E-state index in [1.165, 1.54) is 0 Å². The van der Waals surface area contributed by atoms with Crippen LogP contribution in [-0.2, 0) is 9.47 Å². The summed E-state index contributed by atoms with van der Waals surface area (Å²) in [5.74, 6) is 0. The van der Waals surface area contributed by atoms with E-state index < -0.39 is 0 Å². The van der Waals surface area contributed by atoms with E-state index in [2.05, 4.69) is 10.6 Å². The van der Waals surface area contributed by atoms with Crippen molar-refractivity contribution in [3.63, 3.8) is 0 Å². The van der Waals surface area contributed by atoms with Gasteiger partial charge in [0.2, 0.25) is 0 Å². The second kappa shape index (κ2) is 6.37. The lowest BCUT2D eigenvalue weighted by atomic mass is 10.3. The quantitative estimate of drug-likeness (QED) is 0.536. The maximum Gasteiger partial charge on any atom is 0.0824 e. The van der Waals surface area contributed by atoms with E-state index in [0.29, 0.717) is 6.10 Å². The molecule has 2 N–H and O–H groups in total.